The quantitative estimate of drug-likeness (QED) is 0.427. The van der Waals surface area contributed by atoms with Crippen LogP contribution in [0.3, 0.4) is 0 Å². The van der Waals surface area contributed by atoms with Gasteiger partial charge in [-0.25, -0.2) is 4.79 Å². The first-order valence-electron chi connectivity index (χ1n) is 11.1. The minimum absolute atomic E-state index is 0.213. The number of piperidine rings is 1. The lowest BCUT2D eigenvalue weighted by atomic mass is 9.82. The summed E-state index contributed by atoms with van der Waals surface area (Å²) >= 11 is 3.78. The molecule has 1 saturated heterocycles. The first kappa shape index (κ1) is 25.1. The number of hydrogen-bond donors (Lipinski definition) is 0. The van der Waals surface area contributed by atoms with Crippen LogP contribution >= 0.6 is 15.9 Å². The van der Waals surface area contributed by atoms with Crippen LogP contribution in [0.15, 0.2) is 4.47 Å². The molecule has 1 aliphatic rings. The summed E-state index contributed by atoms with van der Waals surface area (Å²) in [5, 5.41) is 0. The molecule has 1 fully saturated rings. The van der Waals surface area contributed by atoms with E-state index in [2.05, 4.69) is 41.6 Å². The molecule has 30 heavy (non-hydrogen) atoms. The van der Waals surface area contributed by atoms with Crippen LogP contribution in [0.1, 0.15) is 90.8 Å². The molecule has 2 rings (SSSR count). The molecule has 0 aliphatic carbocycles. The predicted molar refractivity (Wildman–Crippen MR) is 126 cm³/mol. The van der Waals surface area contributed by atoms with E-state index in [1.165, 1.54) is 0 Å². The van der Waals surface area contributed by atoms with Crippen molar-refractivity contribution in [2.24, 2.45) is 5.41 Å². The van der Waals surface area contributed by atoms with E-state index in [1.807, 2.05) is 41.5 Å². The number of nitrogens with zero attached hydrogens (tertiary/aromatic N) is 2. The number of rotatable bonds is 7. The summed E-state index contributed by atoms with van der Waals surface area (Å²) in [5.41, 5.74) is 3.44. The van der Waals surface area contributed by atoms with Gasteiger partial charge in [0.2, 0.25) is 0 Å². The van der Waals surface area contributed by atoms with Gasteiger partial charge in [-0.15, -0.1) is 0 Å². The molecule has 0 aromatic carbocycles. The standard InChI is InChI=1S/C24H39BrN2O3/c1-10-24(8,9)30-21(22(28)29-15(2)3)18-16(4)26-17(5)19(25)20(18)27-13-11-23(6,7)12-14-27/h15,21H,10-14H2,1-9H3/t21-/m0/s1. The zero-order valence-corrected chi connectivity index (χ0v) is 21.8. The van der Waals surface area contributed by atoms with Crippen LogP contribution in [-0.4, -0.2) is 35.7 Å². The highest BCUT2D eigenvalue weighted by Gasteiger charge is 2.37. The normalized spacial score (nSPS) is 17.9. The molecule has 0 spiro atoms. The lowest BCUT2D eigenvalue weighted by Gasteiger charge is -2.41. The summed E-state index contributed by atoms with van der Waals surface area (Å²) in [6.07, 6.45) is 1.95. The number of halogens is 1. The van der Waals surface area contributed by atoms with Gasteiger partial charge < -0.3 is 14.4 Å². The maximum Gasteiger partial charge on any atom is 0.340 e. The van der Waals surface area contributed by atoms with Gasteiger partial charge in [0.05, 0.1) is 27.6 Å². The average molecular weight is 483 g/mol. The molecule has 0 N–H and O–H groups in total. The number of esters is 1. The van der Waals surface area contributed by atoms with E-state index < -0.39 is 11.7 Å². The van der Waals surface area contributed by atoms with Crippen LogP contribution in [0.5, 0.6) is 0 Å². The fraction of sp³-hybridized carbons (Fsp3) is 0.750. The van der Waals surface area contributed by atoms with Crippen LogP contribution in [0.25, 0.3) is 0 Å². The number of hydrogen-bond acceptors (Lipinski definition) is 5. The number of ether oxygens (including phenoxy) is 2. The molecule has 1 aromatic rings. The van der Waals surface area contributed by atoms with E-state index in [1.54, 1.807) is 0 Å². The number of carbonyl (C=O) groups excluding carboxylic acids is 1. The molecule has 0 unspecified atom stereocenters. The van der Waals surface area contributed by atoms with E-state index >= 15 is 0 Å². The first-order valence-corrected chi connectivity index (χ1v) is 11.9. The fourth-order valence-corrected chi connectivity index (χ4v) is 4.25. The van der Waals surface area contributed by atoms with Crippen molar-refractivity contribution in [3.63, 3.8) is 0 Å². The third kappa shape index (κ3) is 5.97. The third-order valence-corrected chi connectivity index (χ3v) is 7.00. The second kappa shape index (κ2) is 9.56. The van der Waals surface area contributed by atoms with Crippen molar-refractivity contribution in [1.82, 2.24) is 4.98 Å². The Morgan fingerprint density at radius 3 is 2.27 bits per heavy atom. The molecule has 2 heterocycles. The van der Waals surface area contributed by atoms with Crippen molar-refractivity contribution < 1.29 is 14.3 Å². The Hall–Kier alpha value is -1.14. The van der Waals surface area contributed by atoms with Gasteiger partial charge in [-0.2, -0.15) is 0 Å². The van der Waals surface area contributed by atoms with E-state index in [-0.39, 0.29) is 12.1 Å². The second-order valence-electron chi connectivity index (χ2n) is 10.1. The molecule has 0 bridgehead atoms. The van der Waals surface area contributed by atoms with Crippen molar-refractivity contribution in [3.8, 4) is 0 Å². The SMILES string of the molecule is CCC(C)(C)O[C@H](C(=O)OC(C)C)c1c(C)nc(C)c(Br)c1N1CCC(C)(C)CC1. The van der Waals surface area contributed by atoms with Crippen LogP contribution in [0.2, 0.25) is 0 Å². The lowest BCUT2D eigenvalue weighted by molar-refractivity contribution is -0.172. The van der Waals surface area contributed by atoms with Crippen molar-refractivity contribution in [2.75, 3.05) is 18.0 Å². The Bertz CT molecular complexity index is 764. The molecular formula is C24H39BrN2O3. The molecule has 1 aromatic heterocycles. The summed E-state index contributed by atoms with van der Waals surface area (Å²) in [6.45, 7) is 20.3. The highest BCUT2D eigenvalue weighted by molar-refractivity contribution is 9.10. The average Bonchev–Trinajstić information content (AvgIpc) is 2.63. The minimum atomic E-state index is -0.823. The summed E-state index contributed by atoms with van der Waals surface area (Å²) < 4.78 is 13.0. The lowest BCUT2D eigenvalue weighted by Crippen LogP contribution is -2.39. The Morgan fingerprint density at radius 2 is 1.77 bits per heavy atom. The Balaban J connectivity index is 2.61. The van der Waals surface area contributed by atoms with Crippen LogP contribution < -0.4 is 4.90 Å². The van der Waals surface area contributed by atoms with Gasteiger partial charge >= 0.3 is 5.97 Å². The Kier molecular flexibility index (Phi) is 8.00. The molecule has 0 amide bonds. The smallest absolute Gasteiger partial charge is 0.340 e. The van der Waals surface area contributed by atoms with Crippen molar-refractivity contribution in [2.45, 2.75) is 99.4 Å². The molecule has 170 valence electrons. The first-order chi connectivity index (χ1) is 13.8. The van der Waals surface area contributed by atoms with Gasteiger partial charge in [-0.05, 0) is 82.1 Å². The van der Waals surface area contributed by atoms with Gasteiger partial charge in [0, 0.05) is 24.3 Å². The topological polar surface area (TPSA) is 51.7 Å². The largest absolute Gasteiger partial charge is 0.461 e. The summed E-state index contributed by atoms with van der Waals surface area (Å²) in [5.74, 6) is -0.356. The molecule has 6 heteroatoms. The third-order valence-electron chi connectivity index (χ3n) is 6.06. The summed E-state index contributed by atoms with van der Waals surface area (Å²) in [6, 6.07) is 0. The molecule has 0 radical (unpaired) electrons. The maximum atomic E-state index is 13.2. The number of anilines is 1. The minimum Gasteiger partial charge on any atom is -0.461 e. The van der Waals surface area contributed by atoms with E-state index in [0.29, 0.717) is 5.41 Å². The van der Waals surface area contributed by atoms with Crippen LogP contribution in [-0.2, 0) is 14.3 Å². The van der Waals surface area contributed by atoms with Crippen molar-refractivity contribution in [3.05, 3.63) is 21.4 Å². The fourth-order valence-electron chi connectivity index (χ4n) is 3.70. The summed E-state index contributed by atoms with van der Waals surface area (Å²) in [4.78, 5) is 20.3. The number of pyridine rings is 1. The molecule has 0 saturated carbocycles. The highest BCUT2D eigenvalue weighted by atomic mass is 79.9. The molecule has 1 atom stereocenters. The van der Waals surface area contributed by atoms with E-state index in [0.717, 1.165) is 59.5 Å². The maximum absolute atomic E-state index is 13.2. The monoisotopic (exact) mass is 482 g/mol. The molecule has 5 nitrogen and oxygen atoms in total. The van der Waals surface area contributed by atoms with Crippen molar-refractivity contribution in [1.29, 1.82) is 0 Å². The number of aryl methyl sites for hydroxylation is 2. The summed E-state index contributed by atoms with van der Waals surface area (Å²) in [7, 11) is 0. The highest BCUT2D eigenvalue weighted by Crippen LogP contribution is 2.43. The number of aromatic nitrogens is 1. The molecular weight excluding hydrogens is 444 g/mol. The number of carbonyl (C=O) groups is 1. The van der Waals surface area contributed by atoms with Gasteiger partial charge in [-0.3, -0.25) is 4.98 Å². The zero-order chi connectivity index (χ0) is 22.9. The Morgan fingerprint density at radius 1 is 1.20 bits per heavy atom. The van der Waals surface area contributed by atoms with Crippen LogP contribution in [0.4, 0.5) is 5.69 Å². The van der Waals surface area contributed by atoms with Crippen LogP contribution in [0, 0.1) is 19.3 Å². The van der Waals surface area contributed by atoms with E-state index in [4.69, 9.17) is 14.5 Å². The van der Waals surface area contributed by atoms with Crippen molar-refractivity contribution >= 4 is 27.6 Å². The van der Waals surface area contributed by atoms with Gasteiger partial charge in [0.15, 0.2) is 6.10 Å². The van der Waals surface area contributed by atoms with Gasteiger partial charge in [-0.1, -0.05) is 20.8 Å². The van der Waals surface area contributed by atoms with E-state index in [9.17, 15) is 4.79 Å². The second-order valence-corrected chi connectivity index (χ2v) is 10.9. The molecule has 1 aliphatic heterocycles. The predicted octanol–water partition coefficient (Wildman–Crippen LogP) is 6.29. The zero-order valence-electron chi connectivity index (χ0n) is 20.2. The van der Waals surface area contributed by atoms with Gasteiger partial charge in [0.1, 0.15) is 0 Å². The van der Waals surface area contributed by atoms with Gasteiger partial charge in [0.25, 0.3) is 0 Å². The Labute approximate surface area is 191 Å².